The van der Waals surface area contributed by atoms with Crippen LogP contribution in [0.5, 0.6) is 0 Å². The fourth-order valence-electron chi connectivity index (χ4n) is 1.53. The molecular formula is C12H13N5O2. The number of hydrogen-bond donors (Lipinski definition) is 1. The summed E-state index contributed by atoms with van der Waals surface area (Å²) in [6.45, 7) is 1.08. The monoisotopic (exact) mass is 259 g/mol. The summed E-state index contributed by atoms with van der Waals surface area (Å²) < 4.78 is 1.67. The van der Waals surface area contributed by atoms with Crippen LogP contribution in [0.4, 0.5) is 5.69 Å². The Hall–Kier alpha value is -2.54. The van der Waals surface area contributed by atoms with E-state index in [1.54, 1.807) is 23.1 Å². The summed E-state index contributed by atoms with van der Waals surface area (Å²) in [5.74, 6) is 0.538. The molecule has 2 rings (SSSR count). The van der Waals surface area contributed by atoms with Gasteiger partial charge < -0.3 is 5.73 Å². The van der Waals surface area contributed by atoms with E-state index in [1.807, 2.05) is 12.2 Å². The number of benzene rings is 1. The first-order chi connectivity index (χ1) is 9.20. The third kappa shape index (κ3) is 3.23. The van der Waals surface area contributed by atoms with Gasteiger partial charge in [-0.2, -0.15) is 5.10 Å². The van der Waals surface area contributed by atoms with E-state index in [0.29, 0.717) is 18.9 Å². The van der Waals surface area contributed by atoms with Crippen molar-refractivity contribution in [3.8, 4) is 11.4 Å². The van der Waals surface area contributed by atoms with Crippen molar-refractivity contribution in [3.05, 3.63) is 52.9 Å². The maximum absolute atomic E-state index is 10.6. The summed E-state index contributed by atoms with van der Waals surface area (Å²) in [7, 11) is 0. The molecule has 0 aliphatic rings. The van der Waals surface area contributed by atoms with E-state index in [9.17, 15) is 10.1 Å². The van der Waals surface area contributed by atoms with E-state index in [0.717, 1.165) is 5.56 Å². The number of rotatable bonds is 5. The second-order valence-corrected chi connectivity index (χ2v) is 3.80. The Morgan fingerprint density at radius 2 is 2.05 bits per heavy atom. The van der Waals surface area contributed by atoms with Crippen LogP contribution in [0.2, 0.25) is 0 Å². The molecule has 0 saturated heterocycles. The molecule has 0 aliphatic heterocycles. The molecule has 7 heteroatoms. The minimum absolute atomic E-state index is 0.0501. The molecule has 0 aliphatic carbocycles. The van der Waals surface area contributed by atoms with Gasteiger partial charge in [-0.05, 0) is 12.1 Å². The van der Waals surface area contributed by atoms with Crippen molar-refractivity contribution in [3.63, 3.8) is 0 Å². The SMILES string of the molecule is NC/C=C/Cn1cnc(-c2ccc([N+](=O)[O-])cc2)n1. The minimum atomic E-state index is -0.437. The third-order valence-electron chi connectivity index (χ3n) is 2.47. The first-order valence-corrected chi connectivity index (χ1v) is 5.70. The lowest BCUT2D eigenvalue weighted by atomic mass is 10.2. The molecule has 0 radical (unpaired) electrons. The van der Waals surface area contributed by atoms with E-state index >= 15 is 0 Å². The number of hydrogen-bond acceptors (Lipinski definition) is 5. The second-order valence-electron chi connectivity index (χ2n) is 3.80. The zero-order chi connectivity index (χ0) is 13.7. The molecule has 0 saturated carbocycles. The van der Waals surface area contributed by atoms with Crippen LogP contribution in [-0.4, -0.2) is 26.2 Å². The molecule has 0 unspecified atom stereocenters. The second kappa shape index (κ2) is 5.87. The normalized spacial score (nSPS) is 11.0. The van der Waals surface area contributed by atoms with Gasteiger partial charge in [0.15, 0.2) is 5.82 Å². The molecule has 0 bridgehead atoms. The van der Waals surface area contributed by atoms with E-state index in [1.165, 1.54) is 12.1 Å². The first kappa shape index (κ1) is 12.9. The molecule has 98 valence electrons. The van der Waals surface area contributed by atoms with Crippen molar-refractivity contribution in [1.82, 2.24) is 14.8 Å². The standard InChI is InChI=1S/C12H13N5O2/c13-7-1-2-8-16-9-14-12(15-16)10-3-5-11(6-4-10)17(18)19/h1-6,9H,7-8,13H2/b2-1+. The number of nitro benzene ring substituents is 1. The third-order valence-corrected chi connectivity index (χ3v) is 2.47. The molecule has 0 atom stereocenters. The Bertz CT molecular complexity index is 588. The number of nitrogens with zero attached hydrogens (tertiary/aromatic N) is 4. The van der Waals surface area contributed by atoms with Gasteiger partial charge in [-0.3, -0.25) is 10.1 Å². The number of nitrogens with two attached hydrogens (primary N) is 1. The predicted octanol–water partition coefficient (Wildman–Crippen LogP) is 1.37. The molecular weight excluding hydrogens is 246 g/mol. The molecule has 2 N–H and O–H groups in total. The van der Waals surface area contributed by atoms with Crippen LogP contribution >= 0.6 is 0 Å². The summed E-state index contributed by atoms with van der Waals surface area (Å²) in [5.41, 5.74) is 6.13. The maximum Gasteiger partial charge on any atom is 0.269 e. The van der Waals surface area contributed by atoms with Crippen LogP contribution in [0.15, 0.2) is 42.7 Å². The van der Waals surface area contributed by atoms with Crippen LogP contribution in [0.1, 0.15) is 0 Å². The summed E-state index contributed by atoms with van der Waals surface area (Å²) in [5, 5.41) is 14.8. The lowest BCUT2D eigenvalue weighted by Gasteiger charge is -1.95. The molecule has 1 aromatic heterocycles. The maximum atomic E-state index is 10.6. The van der Waals surface area contributed by atoms with Gasteiger partial charge in [-0.15, -0.1) is 0 Å². The molecule has 1 aromatic carbocycles. The van der Waals surface area contributed by atoms with Gasteiger partial charge in [0.25, 0.3) is 5.69 Å². The Labute approximate surface area is 109 Å². The van der Waals surface area contributed by atoms with Crippen molar-refractivity contribution < 1.29 is 4.92 Å². The zero-order valence-corrected chi connectivity index (χ0v) is 10.1. The molecule has 7 nitrogen and oxygen atoms in total. The topological polar surface area (TPSA) is 99.9 Å². The average molecular weight is 259 g/mol. The highest BCUT2D eigenvalue weighted by atomic mass is 16.6. The summed E-state index contributed by atoms with van der Waals surface area (Å²) in [6.07, 6.45) is 5.35. The number of non-ortho nitro benzene ring substituents is 1. The van der Waals surface area contributed by atoms with Gasteiger partial charge in [0, 0.05) is 24.2 Å². The quantitative estimate of drug-likeness (QED) is 0.496. The highest BCUT2D eigenvalue weighted by Crippen LogP contribution is 2.18. The lowest BCUT2D eigenvalue weighted by Crippen LogP contribution is -1.98. The van der Waals surface area contributed by atoms with Gasteiger partial charge in [0.2, 0.25) is 0 Å². The smallest absolute Gasteiger partial charge is 0.269 e. The number of allylic oxidation sites excluding steroid dienone is 1. The fraction of sp³-hybridized carbons (Fsp3) is 0.167. The van der Waals surface area contributed by atoms with Crippen molar-refractivity contribution in [2.75, 3.05) is 6.54 Å². The van der Waals surface area contributed by atoms with Crippen molar-refractivity contribution >= 4 is 5.69 Å². The average Bonchev–Trinajstić information content (AvgIpc) is 2.88. The highest BCUT2D eigenvalue weighted by molar-refractivity contribution is 5.56. The fourth-order valence-corrected chi connectivity index (χ4v) is 1.53. The molecule has 1 heterocycles. The van der Waals surface area contributed by atoms with Gasteiger partial charge in [0.05, 0.1) is 11.5 Å². The first-order valence-electron chi connectivity index (χ1n) is 5.70. The van der Waals surface area contributed by atoms with Gasteiger partial charge in [0.1, 0.15) is 6.33 Å². The van der Waals surface area contributed by atoms with Gasteiger partial charge in [-0.25, -0.2) is 9.67 Å². The Morgan fingerprint density at radius 1 is 1.32 bits per heavy atom. The zero-order valence-electron chi connectivity index (χ0n) is 10.1. The molecule has 0 spiro atoms. The van der Waals surface area contributed by atoms with Crippen molar-refractivity contribution in [2.45, 2.75) is 6.54 Å². The van der Waals surface area contributed by atoms with Crippen LogP contribution in [0.3, 0.4) is 0 Å². The van der Waals surface area contributed by atoms with Crippen LogP contribution < -0.4 is 5.73 Å². The molecule has 0 amide bonds. The molecule has 0 fully saturated rings. The van der Waals surface area contributed by atoms with Crippen molar-refractivity contribution in [1.29, 1.82) is 0 Å². The molecule has 19 heavy (non-hydrogen) atoms. The van der Waals surface area contributed by atoms with Gasteiger partial charge in [-0.1, -0.05) is 12.2 Å². The van der Waals surface area contributed by atoms with Crippen LogP contribution in [-0.2, 0) is 6.54 Å². The van der Waals surface area contributed by atoms with Crippen molar-refractivity contribution in [2.24, 2.45) is 5.73 Å². The van der Waals surface area contributed by atoms with E-state index in [4.69, 9.17) is 5.73 Å². The van der Waals surface area contributed by atoms with E-state index in [2.05, 4.69) is 10.1 Å². The highest BCUT2D eigenvalue weighted by Gasteiger charge is 2.07. The summed E-state index contributed by atoms with van der Waals surface area (Å²) in [6, 6.07) is 6.13. The van der Waals surface area contributed by atoms with Gasteiger partial charge >= 0.3 is 0 Å². The number of nitro groups is 1. The largest absolute Gasteiger partial charge is 0.327 e. The lowest BCUT2D eigenvalue weighted by molar-refractivity contribution is -0.384. The minimum Gasteiger partial charge on any atom is -0.327 e. The Morgan fingerprint density at radius 3 is 2.68 bits per heavy atom. The summed E-state index contributed by atoms with van der Waals surface area (Å²) >= 11 is 0. The van der Waals surface area contributed by atoms with E-state index < -0.39 is 4.92 Å². The van der Waals surface area contributed by atoms with Crippen LogP contribution in [0.25, 0.3) is 11.4 Å². The van der Waals surface area contributed by atoms with Crippen LogP contribution in [0, 0.1) is 10.1 Å². The predicted molar refractivity (Wildman–Crippen MR) is 70.3 cm³/mol. The number of aromatic nitrogens is 3. The van der Waals surface area contributed by atoms with E-state index in [-0.39, 0.29) is 5.69 Å². The molecule has 2 aromatic rings. The Kier molecular flexibility index (Phi) is 3.99. The Balaban J connectivity index is 2.13. The summed E-state index contributed by atoms with van der Waals surface area (Å²) in [4.78, 5) is 14.3.